The molecule has 0 aliphatic heterocycles. The molecule has 11 heavy (non-hydrogen) atoms. The fraction of sp³-hybridized carbons (Fsp3) is 0.444. The first-order valence-corrected chi connectivity index (χ1v) is 3.74. The molecule has 0 heterocycles. The summed E-state index contributed by atoms with van der Waals surface area (Å²) in [7, 11) is 0. The molecular formula is C9H16N2. The predicted molar refractivity (Wildman–Crippen MR) is 50.7 cm³/mol. The van der Waals surface area contributed by atoms with Gasteiger partial charge in [-0.2, -0.15) is 0 Å². The molecule has 0 aromatic rings. The van der Waals surface area contributed by atoms with Crippen LogP contribution in [0.2, 0.25) is 0 Å². The third kappa shape index (κ3) is 6.84. The van der Waals surface area contributed by atoms with E-state index in [1.807, 2.05) is 19.2 Å². The molecule has 0 saturated carbocycles. The van der Waals surface area contributed by atoms with Gasteiger partial charge in [0.2, 0.25) is 0 Å². The van der Waals surface area contributed by atoms with Gasteiger partial charge < -0.3 is 5.32 Å². The Morgan fingerprint density at radius 2 is 2.36 bits per heavy atom. The lowest BCUT2D eigenvalue weighted by molar-refractivity contribution is 0.876. The molecule has 0 saturated heterocycles. The van der Waals surface area contributed by atoms with E-state index in [2.05, 4.69) is 30.0 Å². The van der Waals surface area contributed by atoms with E-state index in [9.17, 15) is 0 Å². The van der Waals surface area contributed by atoms with Crippen molar-refractivity contribution in [1.29, 1.82) is 0 Å². The SMILES string of the molecule is C=NCN/C=C(\C)C/C=C\C. The highest BCUT2D eigenvalue weighted by Gasteiger charge is 1.82. The van der Waals surface area contributed by atoms with Gasteiger partial charge in [-0.3, -0.25) is 4.99 Å². The lowest BCUT2D eigenvalue weighted by Gasteiger charge is -1.97. The number of aliphatic imine (C=N–C) groups is 1. The lowest BCUT2D eigenvalue weighted by Crippen LogP contribution is -2.04. The van der Waals surface area contributed by atoms with Crippen molar-refractivity contribution in [2.75, 3.05) is 6.67 Å². The minimum Gasteiger partial charge on any atom is -0.372 e. The molecule has 2 nitrogen and oxygen atoms in total. The predicted octanol–water partition coefficient (Wildman–Crippen LogP) is 2.10. The van der Waals surface area contributed by atoms with Crippen LogP contribution in [0.1, 0.15) is 20.3 Å². The highest BCUT2D eigenvalue weighted by atomic mass is 15.0. The Hall–Kier alpha value is -1.05. The maximum absolute atomic E-state index is 3.66. The zero-order chi connectivity index (χ0) is 8.53. The topological polar surface area (TPSA) is 24.4 Å². The first kappa shape index (κ1) is 9.95. The van der Waals surface area contributed by atoms with E-state index in [0.717, 1.165) is 6.42 Å². The van der Waals surface area contributed by atoms with Crippen molar-refractivity contribution >= 4 is 6.72 Å². The summed E-state index contributed by atoms with van der Waals surface area (Å²) < 4.78 is 0. The number of nitrogens with one attached hydrogen (secondary N) is 1. The quantitative estimate of drug-likeness (QED) is 0.364. The van der Waals surface area contributed by atoms with Crippen LogP contribution in [0.25, 0.3) is 0 Å². The van der Waals surface area contributed by atoms with Crippen molar-refractivity contribution < 1.29 is 0 Å². The van der Waals surface area contributed by atoms with E-state index in [1.165, 1.54) is 5.57 Å². The van der Waals surface area contributed by atoms with E-state index < -0.39 is 0 Å². The van der Waals surface area contributed by atoms with Gasteiger partial charge >= 0.3 is 0 Å². The van der Waals surface area contributed by atoms with Crippen molar-refractivity contribution in [3.8, 4) is 0 Å². The summed E-state index contributed by atoms with van der Waals surface area (Å²) in [6.07, 6.45) is 7.13. The number of nitrogens with zero attached hydrogens (tertiary/aromatic N) is 1. The molecule has 0 amide bonds. The second kappa shape index (κ2) is 7.06. The highest BCUT2D eigenvalue weighted by Crippen LogP contribution is 1.98. The van der Waals surface area contributed by atoms with Gasteiger partial charge in [-0.25, -0.2) is 0 Å². The van der Waals surface area contributed by atoms with Gasteiger partial charge in [-0.15, -0.1) is 0 Å². The Morgan fingerprint density at radius 3 is 2.91 bits per heavy atom. The lowest BCUT2D eigenvalue weighted by atomic mass is 10.2. The van der Waals surface area contributed by atoms with Crippen LogP contribution in [0.3, 0.4) is 0 Å². The average Bonchev–Trinajstić information content (AvgIpc) is 2.01. The Balaban J connectivity index is 3.53. The van der Waals surface area contributed by atoms with Gasteiger partial charge in [0, 0.05) is 0 Å². The van der Waals surface area contributed by atoms with Crippen molar-refractivity contribution in [1.82, 2.24) is 5.32 Å². The molecule has 62 valence electrons. The van der Waals surface area contributed by atoms with Crippen molar-refractivity contribution in [3.05, 3.63) is 23.9 Å². The van der Waals surface area contributed by atoms with Crippen LogP contribution in [0.4, 0.5) is 0 Å². The summed E-state index contributed by atoms with van der Waals surface area (Å²) in [5.74, 6) is 0. The Kier molecular flexibility index (Phi) is 6.39. The van der Waals surface area contributed by atoms with Crippen LogP contribution < -0.4 is 5.32 Å². The van der Waals surface area contributed by atoms with Gasteiger partial charge in [0.1, 0.15) is 6.67 Å². The molecule has 0 atom stereocenters. The molecule has 1 N–H and O–H groups in total. The summed E-state index contributed by atoms with van der Waals surface area (Å²) in [5, 5.41) is 3.02. The normalized spacial score (nSPS) is 12.0. The average molecular weight is 152 g/mol. The highest BCUT2D eigenvalue weighted by molar-refractivity contribution is 5.23. The third-order valence-corrected chi connectivity index (χ3v) is 1.23. The van der Waals surface area contributed by atoms with Crippen molar-refractivity contribution in [2.45, 2.75) is 20.3 Å². The summed E-state index contributed by atoms with van der Waals surface area (Å²) in [4.78, 5) is 3.66. The van der Waals surface area contributed by atoms with Crippen LogP contribution in [0, 0.1) is 0 Å². The Labute approximate surface area is 68.7 Å². The van der Waals surface area contributed by atoms with E-state index in [0.29, 0.717) is 6.67 Å². The van der Waals surface area contributed by atoms with Crippen LogP contribution in [-0.4, -0.2) is 13.4 Å². The summed E-state index contributed by atoms with van der Waals surface area (Å²) >= 11 is 0. The summed E-state index contributed by atoms with van der Waals surface area (Å²) in [6.45, 7) is 8.05. The van der Waals surface area contributed by atoms with Gasteiger partial charge in [-0.05, 0) is 33.2 Å². The zero-order valence-electron chi connectivity index (χ0n) is 7.30. The van der Waals surface area contributed by atoms with Gasteiger partial charge in [0.25, 0.3) is 0 Å². The molecule has 0 unspecified atom stereocenters. The minimum absolute atomic E-state index is 0.590. The molecule has 0 spiro atoms. The maximum atomic E-state index is 3.66. The first-order valence-electron chi connectivity index (χ1n) is 3.74. The molecule has 2 heteroatoms. The number of rotatable bonds is 5. The van der Waals surface area contributed by atoms with Crippen LogP contribution in [0.15, 0.2) is 28.9 Å². The zero-order valence-corrected chi connectivity index (χ0v) is 7.30. The molecule has 0 aromatic carbocycles. The maximum Gasteiger partial charge on any atom is 0.106 e. The molecule has 0 aromatic heterocycles. The summed E-state index contributed by atoms with van der Waals surface area (Å²) in [5.41, 5.74) is 1.30. The Bertz CT molecular complexity index is 157. The van der Waals surface area contributed by atoms with Crippen LogP contribution in [-0.2, 0) is 0 Å². The number of allylic oxidation sites excluding steroid dienone is 3. The van der Waals surface area contributed by atoms with E-state index in [1.54, 1.807) is 0 Å². The second-order valence-electron chi connectivity index (χ2n) is 2.35. The third-order valence-electron chi connectivity index (χ3n) is 1.23. The minimum atomic E-state index is 0.590. The smallest absolute Gasteiger partial charge is 0.106 e. The molecule has 0 rings (SSSR count). The monoisotopic (exact) mass is 152 g/mol. The molecule has 0 aliphatic rings. The van der Waals surface area contributed by atoms with E-state index in [4.69, 9.17) is 0 Å². The van der Waals surface area contributed by atoms with E-state index >= 15 is 0 Å². The number of hydrogen-bond donors (Lipinski definition) is 1. The Morgan fingerprint density at radius 1 is 1.64 bits per heavy atom. The second-order valence-corrected chi connectivity index (χ2v) is 2.35. The van der Waals surface area contributed by atoms with Crippen LogP contribution in [0.5, 0.6) is 0 Å². The van der Waals surface area contributed by atoms with Crippen molar-refractivity contribution in [3.63, 3.8) is 0 Å². The van der Waals surface area contributed by atoms with E-state index in [-0.39, 0.29) is 0 Å². The fourth-order valence-electron chi connectivity index (χ4n) is 0.647. The molecule has 0 radical (unpaired) electrons. The van der Waals surface area contributed by atoms with Crippen molar-refractivity contribution in [2.24, 2.45) is 4.99 Å². The first-order chi connectivity index (χ1) is 5.31. The molecule has 0 aliphatic carbocycles. The number of hydrogen-bond acceptors (Lipinski definition) is 2. The molecule has 0 fully saturated rings. The summed E-state index contributed by atoms with van der Waals surface area (Å²) in [6, 6.07) is 0. The molecule has 0 bridgehead atoms. The van der Waals surface area contributed by atoms with Gasteiger partial charge in [0.05, 0.1) is 0 Å². The van der Waals surface area contributed by atoms with Gasteiger partial charge in [-0.1, -0.05) is 17.7 Å². The standard InChI is InChI=1S/C9H16N2/c1-4-5-6-9(2)7-11-8-10-3/h4-5,7,11H,3,6,8H2,1-2H3/b5-4-,9-7+. The fourth-order valence-corrected chi connectivity index (χ4v) is 0.647. The van der Waals surface area contributed by atoms with Gasteiger partial charge in [0.15, 0.2) is 0 Å². The molecular weight excluding hydrogens is 136 g/mol. The largest absolute Gasteiger partial charge is 0.372 e. The van der Waals surface area contributed by atoms with Crippen LogP contribution >= 0.6 is 0 Å².